The molecular weight excluding hydrogens is 152 g/mol. The molecule has 0 spiro atoms. The topological polar surface area (TPSA) is 38.5 Å². The van der Waals surface area contributed by atoms with Crippen molar-refractivity contribution in [3.63, 3.8) is 0 Å². The highest BCUT2D eigenvalue weighted by molar-refractivity contribution is 4.67. The third-order valence-electron chi connectivity index (χ3n) is 2.37. The van der Waals surface area contributed by atoms with E-state index in [4.69, 9.17) is 10.5 Å². The standard InChI is InChI=1S/C9H20N2O/c1-11-6-2-3-9(4-7-11)12-8-5-10/h9H,2-8,10H2,1H3. The maximum atomic E-state index is 5.61. The number of nitrogens with two attached hydrogens (primary N) is 1. The number of hydrogen-bond donors (Lipinski definition) is 1. The van der Waals surface area contributed by atoms with Crippen LogP contribution in [0.25, 0.3) is 0 Å². The van der Waals surface area contributed by atoms with E-state index < -0.39 is 0 Å². The lowest BCUT2D eigenvalue weighted by molar-refractivity contribution is 0.0492. The zero-order chi connectivity index (χ0) is 8.81. The Morgan fingerprint density at radius 2 is 2.25 bits per heavy atom. The monoisotopic (exact) mass is 172 g/mol. The van der Waals surface area contributed by atoms with Gasteiger partial charge in [-0.15, -0.1) is 0 Å². The van der Waals surface area contributed by atoms with Gasteiger partial charge in [0.25, 0.3) is 0 Å². The van der Waals surface area contributed by atoms with E-state index in [-0.39, 0.29) is 0 Å². The molecule has 1 rings (SSSR count). The second-order valence-electron chi connectivity index (χ2n) is 3.52. The molecule has 2 N–H and O–H groups in total. The van der Waals surface area contributed by atoms with Gasteiger partial charge in [0, 0.05) is 13.1 Å². The first-order chi connectivity index (χ1) is 5.83. The molecule has 0 aromatic rings. The SMILES string of the molecule is CN1CCCC(OCCN)CC1. The Balaban J connectivity index is 2.17. The molecule has 1 atom stereocenters. The van der Waals surface area contributed by atoms with Gasteiger partial charge in [-0.3, -0.25) is 0 Å². The molecule has 1 fully saturated rings. The molecule has 72 valence electrons. The van der Waals surface area contributed by atoms with Crippen LogP contribution >= 0.6 is 0 Å². The van der Waals surface area contributed by atoms with E-state index in [1.807, 2.05) is 0 Å². The third-order valence-corrected chi connectivity index (χ3v) is 2.37. The Morgan fingerprint density at radius 3 is 3.00 bits per heavy atom. The summed E-state index contributed by atoms with van der Waals surface area (Å²) in [6.45, 7) is 3.73. The van der Waals surface area contributed by atoms with Gasteiger partial charge in [0.2, 0.25) is 0 Å². The molecule has 1 aliphatic heterocycles. The van der Waals surface area contributed by atoms with E-state index in [9.17, 15) is 0 Å². The van der Waals surface area contributed by atoms with E-state index in [1.165, 1.54) is 19.4 Å². The van der Waals surface area contributed by atoms with Crippen molar-refractivity contribution in [1.82, 2.24) is 4.90 Å². The fourth-order valence-electron chi connectivity index (χ4n) is 1.61. The molecule has 3 heteroatoms. The summed E-state index contributed by atoms with van der Waals surface area (Å²) in [7, 11) is 2.17. The third kappa shape index (κ3) is 3.52. The van der Waals surface area contributed by atoms with Gasteiger partial charge in [-0.1, -0.05) is 0 Å². The normalized spacial score (nSPS) is 27.0. The summed E-state index contributed by atoms with van der Waals surface area (Å²) >= 11 is 0. The molecule has 3 nitrogen and oxygen atoms in total. The van der Waals surface area contributed by atoms with Crippen molar-refractivity contribution < 1.29 is 4.74 Å². The number of ether oxygens (including phenoxy) is 1. The predicted octanol–water partition coefficient (Wildman–Crippen LogP) is 0.446. The lowest BCUT2D eigenvalue weighted by atomic mass is 10.2. The molecule has 1 saturated heterocycles. The average Bonchev–Trinajstić information content (AvgIpc) is 2.27. The van der Waals surface area contributed by atoms with Gasteiger partial charge >= 0.3 is 0 Å². The smallest absolute Gasteiger partial charge is 0.0592 e. The highest BCUT2D eigenvalue weighted by Gasteiger charge is 2.14. The molecule has 12 heavy (non-hydrogen) atoms. The molecule has 0 aromatic carbocycles. The number of nitrogens with zero attached hydrogens (tertiary/aromatic N) is 1. The first-order valence-corrected chi connectivity index (χ1v) is 4.83. The predicted molar refractivity (Wildman–Crippen MR) is 50.1 cm³/mol. The first-order valence-electron chi connectivity index (χ1n) is 4.83. The summed E-state index contributed by atoms with van der Waals surface area (Å²) in [5.41, 5.74) is 5.38. The van der Waals surface area contributed by atoms with Crippen LogP contribution in [0.5, 0.6) is 0 Å². The van der Waals surface area contributed by atoms with Crippen molar-refractivity contribution in [3.05, 3.63) is 0 Å². The zero-order valence-corrected chi connectivity index (χ0v) is 7.96. The lowest BCUT2D eigenvalue weighted by Crippen LogP contribution is -2.21. The van der Waals surface area contributed by atoms with Gasteiger partial charge in [-0.05, 0) is 32.9 Å². The number of likely N-dealkylation sites (tertiary alicyclic amines) is 1. The largest absolute Gasteiger partial charge is 0.377 e. The van der Waals surface area contributed by atoms with Crippen molar-refractivity contribution in [2.24, 2.45) is 5.73 Å². The first kappa shape index (κ1) is 9.96. The summed E-state index contributed by atoms with van der Waals surface area (Å²) in [4.78, 5) is 2.37. The van der Waals surface area contributed by atoms with Gasteiger partial charge in [-0.2, -0.15) is 0 Å². The van der Waals surface area contributed by atoms with Crippen molar-refractivity contribution in [2.45, 2.75) is 25.4 Å². The lowest BCUT2D eigenvalue weighted by Gasteiger charge is -2.15. The molecule has 1 aliphatic rings. The Bertz CT molecular complexity index is 117. The molecule has 1 heterocycles. The van der Waals surface area contributed by atoms with Crippen LogP contribution in [0.2, 0.25) is 0 Å². The Morgan fingerprint density at radius 1 is 1.42 bits per heavy atom. The number of rotatable bonds is 3. The second kappa shape index (κ2) is 5.51. The molecular formula is C9H20N2O. The molecule has 0 aliphatic carbocycles. The zero-order valence-electron chi connectivity index (χ0n) is 7.96. The summed E-state index contributed by atoms with van der Waals surface area (Å²) in [5.74, 6) is 0. The maximum Gasteiger partial charge on any atom is 0.0592 e. The van der Waals surface area contributed by atoms with Crippen LogP contribution < -0.4 is 5.73 Å². The molecule has 1 unspecified atom stereocenters. The van der Waals surface area contributed by atoms with Crippen LogP contribution in [-0.2, 0) is 4.74 Å². The number of hydrogen-bond acceptors (Lipinski definition) is 3. The summed E-state index contributed by atoms with van der Waals surface area (Å²) < 4.78 is 5.61. The molecule has 0 amide bonds. The average molecular weight is 172 g/mol. The van der Waals surface area contributed by atoms with E-state index in [2.05, 4.69) is 11.9 Å². The molecule has 0 radical (unpaired) electrons. The maximum absolute atomic E-state index is 5.61. The van der Waals surface area contributed by atoms with Crippen LogP contribution in [0.4, 0.5) is 0 Å². The minimum Gasteiger partial charge on any atom is -0.377 e. The highest BCUT2D eigenvalue weighted by atomic mass is 16.5. The summed E-state index contributed by atoms with van der Waals surface area (Å²) in [5, 5.41) is 0. The van der Waals surface area contributed by atoms with Crippen LogP contribution in [0.3, 0.4) is 0 Å². The Labute approximate surface area is 74.9 Å². The van der Waals surface area contributed by atoms with Gasteiger partial charge in [0.1, 0.15) is 0 Å². The van der Waals surface area contributed by atoms with Crippen molar-refractivity contribution in [2.75, 3.05) is 33.3 Å². The fourth-order valence-corrected chi connectivity index (χ4v) is 1.61. The van der Waals surface area contributed by atoms with Crippen LogP contribution in [0.1, 0.15) is 19.3 Å². The summed E-state index contributed by atoms with van der Waals surface area (Å²) in [6, 6.07) is 0. The van der Waals surface area contributed by atoms with E-state index in [0.717, 1.165) is 13.0 Å². The molecule has 0 saturated carbocycles. The van der Waals surface area contributed by atoms with Crippen LogP contribution in [0, 0.1) is 0 Å². The van der Waals surface area contributed by atoms with Crippen LogP contribution in [0.15, 0.2) is 0 Å². The van der Waals surface area contributed by atoms with E-state index in [1.54, 1.807) is 0 Å². The molecule has 0 aromatic heterocycles. The molecule has 0 bridgehead atoms. The Kier molecular flexibility index (Phi) is 4.58. The highest BCUT2D eigenvalue weighted by Crippen LogP contribution is 2.12. The fraction of sp³-hybridized carbons (Fsp3) is 1.00. The van der Waals surface area contributed by atoms with Gasteiger partial charge in [0.15, 0.2) is 0 Å². The second-order valence-corrected chi connectivity index (χ2v) is 3.52. The van der Waals surface area contributed by atoms with Crippen molar-refractivity contribution >= 4 is 0 Å². The van der Waals surface area contributed by atoms with E-state index in [0.29, 0.717) is 19.3 Å². The van der Waals surface area contributed by atoms with Gasteiger partial charge in [0.05, 0.1) is 12.7 Å². The van der Waals surface area contributed by atoms with Crippen LogP contribution in [-0.4, -0.2) is 44.3 Å². The summed E-state index contributed by atoms with van der Waals surface area (Å²) in [6.07, 6.45) is 4.07. The van der Waals surface area contributed by atoms with Crippen molar-refractivity contribution in [3.8, 4) is 0 Å². The van der Waals surface area contributed by atoms with Gasteiger partial charge < -0.3 is 15.4 Å². The minimum absolute atomic E-state index is 0.457. The van der Waals surface area contributed by atoms with Gasteiger partial charge in [-0.25, -0.2) is 0 Å². The quantitative estimate of drug-likeness (QED) is 0.671. The van der Waals surface area contributed by atoms with E-state index >= 15 is 0 Å². The Hall–Kier alpha value is -0.120. The minimum atomic E-state index is 0.457. The van der Waals surface area contributed by atoms with Crippen molar-refractivity contribution in [1.29, 1.82) is 0 Å².